The first kappa shape index (κ1) is 18.3. The van der Waals surface area contributed by atoms with E-state index < -0.39 is 0 Å². The second-order valence-electron chi connectivity index (χ2n) is 4.50. The fourth-order valence-electron chi connectivity index (χ4n) is 2.91. The lowest BCUT2D eigenvalue weighted by Gasteiger charge is -2.43. The van der Waals surface area contributed by atoms with Crippen molar-refractivity contribution < 1.29 is 0 Å². The van der Waals surface area contributed by atoms with Gasteiger partial charge in [-0.15, -0.1) is 0 Å². The van der Waals surface area contributed by atoms with Crippen LogP contribution in [0.3, 0.4) is 0 Å². The van der Waals surface area contributed by atoms with Gasteiger partial charge in [0.05, 0.1) is 0 Å². The molecular weight excluding hydrogens is 194 g/mol. The average Bonchev–Trinajstić information content (AvgIpc) is 2.69. The van der Waals surface area contributed by atoms with E-state index in [-0.39, 0.29) is 0 Å². The summed E-state index contributed by atoms with van der Waals surface area (Å²) in [7, 11) is 2.25. The Labute approximate surface area is 105 Å². The Hall–Kier alpha value is -0.0400. The Morgan fingerprint density at radius 3 is 1.62 bits per heavy atom. The van der Waals surface area contributed by atoms with Crippen molar-refractivity contribution in [1.82, 2.24) is 4.90 Å². The Bertz CT molecular complexity index is 131. The van der Waals surface area contributed by atoms with Crippen molar-refractivity contribution in [2.75, 3.05) is 20.1 Å². The minimum Gasteiger partial charge on any atom is -0.306 e. The standard InChI is InChI=1S/C9H17N.3C2H6/c1-8-5-9(6-8)3-4-10(2)7-9;3*1-2/h8H,3-7H2,1-2H3;3*1-2H3. The van der Waals surface area contributed by atoms with Crippen molar-refractivity contribution >= 4 is 0 Å². The zero-order valence-corrected chi connectivity index (χ0v) is 13.1. The number of hydrogen-bond acceptors (Lipinski definition) is 1. The van der Waals surface area contributed by atoms with Crippen LogP contribution in [-0.2, 0) is 0 Å². The largest absolute Gasteiger partial charge is 0.306 e. The van der Waals surface area contributed by atoms with E-state index in [1.807, 2.05) is 41.5 Å². The molecule has 0 bridgehead atoms. The zero-order valence-electron chi connectivity index (χ0n) is 13.1. The molecule has 0 radical (unpaired) electrons. The predicted octanol–water partition coefficient (Wildman–Crippen LogP) is 4.82. The van der Waals surface area contributed by atoms with E-state index in [4.69, 9.17) is 0 Å². The molecule has 1 heterocycles. The Morgan fingerprint density at radius 2 is 1.38 bits per heavy atom. The molecule has 1 heteroatoms. The molecule has 1 aliphatic carbocycles. The van der Waals surface area contributed by atoms with Crippen molar-refractivity contribution in [3.63, 3.8) is 0 Å². The SMILES string of the molecule is CC.CC.CC.CC1CC2(CCN(C)C2)C1. The van der Waals surface area contributed by atoms with E-state index >= 15 is 0 Å². The number of likely N-dealkylation sites (tertiary alicyclic amines) is 1. The summed E-state index contributed by atoms with van der Waals surface area (Å²) >= 11 is 0. The van der Waals surface area contributed by atoms with E-state index in [0.29, 0.717) is 0 Å². The van der Waals surface area contributed by atoms with Crippen LogP contribution in [0.5, 0.6) is 0 Å². The predicted molar refractivity (Wildman–Crippen MR) is 77.0 cm³/mol. The molecule has 16 heavy (non-hydrogen) atoms. The Kier molecular flexibility index (Phi) is 11.6. The summed E-state index contributed by atoms with van der Waals surface area (Å²) in [5, 5.41) is 0. The fourth-order valence-corrected chi connectivity index (χ4v) is 2.91. The van der Waals surface area contributed by atoms with Crippen molar-refractivity contribution in [3.05, 3.63) is 0 Å². The molecule has 0 aromatic heterocycles. The highest BCUT2D eigenvalue weighted by Crippen LogP contribution is 2.50. The maximum atomic E-state index is 2.48. The van der Waals surface area contributed by atoms with Gasteiger partial charge >= 0.3 is 0 Å². The molecule has 1 spiro atoms. The first-order chi connectivity index (χ1) is 7.70. The monoisotopic (exact) mass is 229 g/mol. The van der Waals surface area contributed by atoms with Crippen molar-refractivity contribution in [2.24, 2.45) is 11.3 Å². The van der Waals surface area contributed by atoms with Gasteiger partial charge in [-0.05, 0) is 44.2 Å². The van der Waals surface area contributed by atoms with E-state index in [1.165, 1.54) is 32.4 Å². The van der Waals surface area contributed by atoms with Crippen LogP contribution in [0.1, 0.15) is 67.7 Å². The first-order valence-electron chi connectivity index (χ1n) is 7.39. The van der Waals surface area contributed by atoms with Crippen molar-refractivity contribution in [1.29, 1.82) is 0 Å². The molecule has 0 N–H and O–H groups in total. The summed E-state index contributed by atoms with van der Waals surface area (Å²) < 4.78 is 0. The van der Waals surface area contributed by atoms with E-state index in [0.717, 1.165) is 11.3 Å². The number of rotatable bonds is 0. The van der Waals surface area contributed by atoms with E-state index in [2.05, 4.69) is 18.9 Å². The van der Waals surface area contributed by atoms with Gasteiger partial charge < -0.3 is 4.90 Å². The maximum Gasteiger partial charge on any atom is 0.00356 e. The molecule has 1 nitrogen and oxygen atoms in total. The summed E-state index contributed by atoms with van der Waals surface area (Å²) in [6, 6.07) is 0. The molecule has 2 fully saturated rings. The lowest BCUT2D eigenvalue weighted by Crippen LogP contribution is -2.37. The van der Waals surface area contributed by atoms with Crippen LogP contribution in [0, 0.1) is 11.3 Å². The fraction of sp³-hybridized carbons (Fsp3) is 1.00. The van der Waals surface area contributed by atoms with Crippen LogP contribution in [0.2, 0.25) is 0 Å². The van der Waals surface area contributed by atoms with Crippen LogP contribution in [0.25, 0.3) is 0 Å². The quantitative estimate of drug-likeness (QED) is 0.576. The summed E-state index contributed by atoms with van der Waals surface area (Å²) in [5.74, 6) is 1.02. The van der Waals surface area contributed by atoms with Crippen molar-refractivity contribution in [3.8, 4) is 0 Å². The normalized spacial score (nSPS) is 31.1. The lowest BCUT2D eigenvalue weighted by molar-refractivity contribution is 0.0784. The highest BCUT2D eigenvalue weighted by Gasteiger charge is 2.45. The van der Waals surface area contributed by atoms with Gasteiger partial charge in [-0.3, -0.25) is 0 Å². The van der Waals surface area contributed by atoms with E-state index in [1.54, 1.807) is 0 Å². The average molecular weight is 229 g/mol. The van der Waals surface area contributed by atoms with Gasteiger partial charge in [-0.2, -0.15) is 0 Å². The van der Waals surface area contributed by atoms with Crippen LogP contribution in [-0.4, -0.2) is 25.0 Å². The molecule has 2 rings (SSSR count). The van der Waals surface area contributed by atoms with Gasteiger partial charge in [0.25, 0.3) is 0 Å². The Morgan fingerprint density at radius 1 is 0.938 bits per heavy atom. The smallest absolute Gasteiger partial charge is 0.00356 e. The van der Waals surface area contributed by atoms with Crippen LogP contribution in [0.4, 0.5) is 0 Å². The second kappa shape index (κ2) is 10.1. The molecule has 1 saturated heterocycles. The summed E-state index contributed by atoms with van der Waals surface area (Å²) in [6.07, 6.45) is 4.46. The highest BCUT2D eigenvalue weighted by molar-refractivity contribution is 4.97. The third-order valence-electron chi connectivity index (χ3n) is 3.19. The van der Waals surface area contributed by atoms with Crippen molar-refractivity contribution in [2.45, 2.75) is 67.7 Å². The molecule has 0 amide bonds. The molecule has 1 aliphatic heterocycles. The molecule has 0 atom stereocenters. The summed E-state index contributed by atoms with van der Waals surface area (Å²) in [6.45, 7) is 17.1. The number of nitrogens with zero attached hydrogens (tertiary/aromatic N) is 1. The molecule has 1 saturated carbocycles. The molecule has 100 valence electrons. The van der Waals surface area contributed by atoms with Gasteiger partial charge in [-0.25, -0.2) is 0 Å². The molecular formula is C15H35N. The van der Waals surface area contributed by atoms with Gasteiger partial charge in [0.2, 0.25) is 0 Å². The minimum absolute atomic E-state index is 0.786. The topological polar surface area (TPSA) is 3.24 Å². The van der Waals surface area contributed by atoms with Crippen LogP contribution >= 0.6 is 0 Å². The van der Waals surface area contributed by atoms with Gasteiger partial charge in [-0.1, -0.05) is 48.5 Å². The second-order valence-corrected chi connectivity index (χ2v) is 4.50. The Balaban J connectivity index is 0. The molecule has 0 aromatic carbocycles. The van der Waals surface area contributed by atoms with E-state index in [9.17, 15) is 0 Å². The maximum absolute atomic E-state index is 2.48. The zero-order chi connectivity index (χ0) is 13.2. The van der Waals surface area contributed by atoms with Gasteiger partial charge in [0.1, 0.15) is 0 Å². The molecule has 0 aromatic rings. The third-order valence-corrected chi connectivity index (χ3v) is 3.19. The third kappa shape index (κ3) is 5.34. The molecule has 0 unspecified atom stereocenters. The first-order valence-corrected chi connectivity index (χ1v) is 7.39. The summed E-state index contributed by atoms with van der Waals surface area (Å²) in [4.78, 5) is 2.48. The summed E-state index contributed by atoms with van der Waals surface area (Å²) in [5.41, 5.74) is 0.786. The minimum atomic E-state index is 0.786. The van der Waals surface area contributed by atoms with Crippen LogP contribution < -0.4 is 0 Å². The van der Waals surface area contributed by atoms with Gasteiger partial charge in [0.15, 0.2) is 0 Å². The van der Waals surface area contributed by atoms with Crippen LogP contribution in [0.15, 0.2) is 0 Å². The van der Waals surface area contributed by atoms with Gasteiger partial charge in [0, 0.05) is 6.54 Å². The highest BCUT2D eigenvalue weighted by atomic mass is 15.1. The lowest BCUT2D eigenvalue weighted by atomic mass is 9.62. The molecule has 2 aliphatic rings. The number of hydrogen-bond donors (Lipinski definition) is 0.